The van der Waals surface area contributed by atoms with Crippen LogP contribution in [-0.2, 0) is 4.74 Å². The molecular weight excluding hydrogens is 238 g/mol. The lowest BCUT2D eigenvalue weighted by Gasteiger charge is -2.24. The van der Waals surface area contributed by atoms with Crippen LogP contribution in [0.2, 0.25) is 0 Å². The maximum atomic E-state index is 12.0. The van der Waals surface area contributed by atoms with Gasteiger partial charge in [0.25, 0.3) is 0 Å². The van der Waals surface area contributed by atoms with Crippen molar-refractivity contribution in [3.05, 3.63) is 42.5 Å². The smallest absolute Gasteiger partial charge is 0.414 e. The van der Waals surface area contributed by atoms with Gasteiger partial charge in [0.05, 0.1) is 0 Å². The molecule has 0 heterocycles. The Morgan fingerprint density at radius 3 is 2.26 bits per heavy atom. The van der Waals surface area contributed by atoms with Crippen molar-refractivity contribution in [3.8, 4) is 11.1 Å². The third-order valence-corrected chi connectivity index (χ3v) is 2.79. The van der Waals surface area contributed by atoms with Crippen LogP contribution in [0.1, 0.15) is 20.8 Å². The molecule has 0 atom stereocenters. The fourth-order valence-corrected chi connectivity index (χ4v) is 1.83. The van der Waals surface area contributed by atoms with Crippen molar-refractivity contribution in [1.29, 1.82) is 0 Å². The van der Waals surface area contributed by atoms with Crippen molar-refractivity contribution < 1.29 is 9.53 Å². The van der Waals surface area contributed by atoms with E-state index in [1.807, 2.05) is 63.2 Å². The first-order chi connectivity index (χ1) is 8.87. The van der Waals surface area contributed by atoms with Gasteiger partial charge in [-0.3, -0.25) is 4.90 Å². The van der Waals surface area contributed by atoms with E-state index in [-0.39, 0.29) is 6.09 Å². The van der Waals surface area contributed by atoms with Crippen molar-refractivity contribution in [2.24, 2.45) is 0 Å². The second-order valence-electron chi connectivity index (χ2n) is 5.57. The van der Waals surface area contributed by atoms with Gasteiger partial charge >= 0.3 is 6.09 Å². The van der Waals surface area contributed by atoms with E-state index in [4.69, 9.17) is 4.74 Å². The molecule has 0 aromatic heterocycles. The van der Waals surface area contributed by atoms with Crippen molar-refractivity contribution in [2.75, 3.05) is 11.9 Å². The van der Waals surface area contributed by atoms with E-state index in [1.165, 1.54) is 4.90 Å². The number of hydrogen-bond acceptors (Lipinski definition) is 2. The lowest BCUT2D eigenvalue weighted by atomic mass is 10.2. The highest BCUT2D eigenvalue weighted by atomic mass is 16.6. The Kier molecular flexibility index (Phi) is 3.47. The highest BCUT2D eigenvalue weighted by Crippen LogP contribution is 2.26. The zero-order chi connectivity index (χ0) is 14.0. The van der Waals surface area contributed by atoms with Gasteiger partial charge < -0.3 is 4.74 Å². The van der Waals surface area contributed by atoms with Crippen LogP contribution >= 0.6 is 0 Å². The number of hydrogen-bond donors (Lipinski definition) is 0. The monoisotopic (exact) mass is 257 g/mol. The second kappa shape index (κ2) is 4.92. The Labute approximate surface area is 114 Å². The summed E-state index contributed by atoms with van der Waals surface area (Å²) in [5.74, 6) is 0. The Bertz CT molecular complexity index is 557. The Hall–Kier alpha value is -2.03. The summed E-state index contributed by atoms with van der Waals surface area (Å²) in [6.07, 6.45) is -0.349. The summed E-state index contributed by atoms with van der Waals surface area (Å²) in [4.78, 5) is 13.6. The SMILES string of the molecule is CN(C(=O)OC(C)(C)C)c1cccc2cccc-2c1. The molecule has 1 amide bonds. The average Bonchev–Trinajstić information content (AvgIpc) is 2.63. The summed E-state index contributed by atoms with van der Waals surface area (Å²) in [7, 11) is 1.72. The first-order valence-corrected chi connectivity index (χ1v) is 6.32. The summed E-state index contributed by atoms with van der Waals surface area (Å²) in [6, 6.07) is 13.9. The molecule has 2 aliphatic carbocycles. The first kappa shape index (κ1) is 13.4. The normalized spacial score (nSPS) is 11.4. The van der Waals surface area contributed by atoms with Crippen LogP contribution in [0, 0.1) is 0 Å². The number of carbonyl (C=O) groups is 1. The van der Waals surface area contributed by atoms with Crippen LogP contribution in [0.4, 0.5) is 10.5 Å². The topological polar surface area (TPSA) is 29.5 Å². The molecule has 0 unspecified atom stereocenters. The van der Waals surface area contributed by atoms with Gasteiger partial charge in [0.2, 0.25) is 0 Å². The van der Waals surface area contributed by atoms with E-state index < -0.39 is 5.60 Å². The lowest BCUT2D eigenvalue weighted by molar-refractivity contribution is 0.0589. The van der Waals surface area contributed by atoms with Gasteiger partial charge in [-0.05, 0) is 44.0 Å². The molecule has 19 heavy (non-hydrogen) atoms. The van der Waals surface area contributed by atoms with Crippen LogP contribution in [0.5, 0.6) is 0 Å². The molecule has 0 N–H and O–H groups in total. The first-order valence-electron chi connectivity index (χ1n) is 6.32. The van der Waals surface area contributed by atoms with E-state index in [2.05, 4.69) is 0 Å². The van der Waals surface area contributed by atoms with E-state index in [0.29, 0.717) is 0 Å². The van der Waals surface area contributed by atoms with Crippen LogP contribution in [0.25, 0.3) is 11.1 Å². The molecule has 3 nitrogen and oxygen atoms in total. The molecule has 0 fully saturated rings. The van der Waals surface area contributed by atoms with Gasteiger partial charge in [-0.2, -0.15) is 0 Å². The predicted octanol–water partition coefficient (Wildman–Crippen LogP) is 4.16. The molecule has 0 saturated carbocycles. The number of amides is 1. The van der Waals surface area contributed by atoms with E-state index >= 15 is 0 Å². The molecular formula is C16H19NO2. The summed E-state index contributed by atoms with van der Waals surface area (Å²) in [5, 5.41) is 0. The third-order valence-electron chi connectivity index (χ3n) is 2.79. The molecule has 0 aromatic carbocycles. The van der Waals surface area contributed by atoms with Crippen LogP contribution < -0.4 is 4.90 Å². The molecule has 0 radical (unpaired) electrons. The van der Waals surface area contributed by atoms with E-state index in [0.717, 1.165) is 16.8 Å². The van der Waals surface area contributed by atoms with E-state index in [9.17, 15) is 4.79 Å². The minimum absolute atomic E-state index is 0.349. The maximum absolute atomic E-state index is 12.0. The molecule has 0 aromatic rings. The van der Waals surface area contributed by atoms with Crippen LogP contribution in [0.3, 0.4) is 0 Å². The zero-order valence-electron chi connectivity index (χ0n) is 11.8. The average molecular weight is 257 g/mol. The number of anilines is 1. The van der Waals surface area contributed by atoms with Gasteiger partial charge in [0.1, 0.15) is 5.60 Å². The van der Waals surface area contributed by atoms with Crippen molar-refractivity contribution in [3.63, 3.8) is 0 Å². The van der Waals surface area contributed by atoms with Gasteiger partial charge in [0, 0.05) is 12.7 Å². The second-order valence-corrected chi connectivity index (χ2v) is 5.57. The summed E-state index contributed by atoms with van der Waals surface area (Å²) in [5.41, 5.74) is 2.59. The molecule has 2 rings (SSSR count). The fourth-order valence-electron chi connectivity index (χ4n) is 1.83. The molecule has 2 aliphatic rings. The number of nitrogens with zero attached hydrogens (tertiary/aromatic N) is 1. The number of fused-ring (bicyclic) bond motifs is 1. The van der Waals surface area contributed by atoms with Gasteiger partial charge in [-0.25, -0.2) is 4.79 Å². The molecule has 0 spiro atoms. The molecule has 0 saturated heterocycles. The number of rotatable bonds is 1. The van der Waals surface area contributed by atoms with Crippen LogP contribution in [0.15, 0.2) is 42.5 Å². The number of carbonyl (C=O) groups excluding carboxylic acids is 1. The summed E-state index contributed by atoms with van der Waals surface area (Å²) < 4.78 is 5.37. The largest absolute Gasteiger partial charge is 0.443 e. The highest BCUT2D eigenvalue weighted by Gasteiger charge is 2.20. The minimum atomic E-state index is -0.488. The third kappa shape index (κ3) is 3.25. The number of ether oxygens (including phenoxy) is 1. The Morgan fingerprint density at radius 2 is 1.63 bits per heavy atom. The molecule has 100 valence electrons. The summed E-state index contributed by atoms with van der Waals surface area (Å²) in [6.45, 7) is 5.58. The van der Waals surface area contributed by atoms with Crippen molar-refractivity contribution >= 4 is 11.8 Å². The standard InChI is InChI=1S/C16H19NO2/c1-16(2,3)19-15(18)17(4)14-10-6-8-12-7-5-9-13(12)11-14/h5-11H,1-4H3. The summed E-state index contributed by atoms with van der Waals surface area (Å²) >= 11 is 0. The van der Waals surface area contributed by atoms with Crippen LogP contribution in [-0.4, -0.2) is 18.7 Å². The minimum Gasteiger partial charge on any atom is -0.443 e. The Balaban J connectivity index is 2.26. The molecule has 0 aliphatic heterocycles. The van der Waals surface area contributed by atoms with E-state index in [1.54, 1.807) is 7.05 Å². The lowest BCUT2D eigenvalue weighted by Crippen LogP contribution is -2.34. The fraction of sp³-hybridized carbons (Fsp3) is 0.312. The van der Waals surface area contributed by atoms with Crippen molar-refractivity contribution in [1.82, 2.24) is 0 Å². The van der Waals surface area contributed by atoms with Gasteiger partial charge in [-0.15, -0.1) is 0 Å². The molecule has 3 heteroatoms. The molecule has 0 bridgehead atoms. The van der Waals surface area contributed by atoms with Gasteiger partial charge in [-0.1, -0.05) is 30.3 Å². The predicted molar refractivity (Wildman–Crippen MR) is 77.7 cm³/mol. The Morgan fingerprint density at radius 1 is 1.05 bits per heavy atom. The van der Waals surface area contributed by atoms with Crippen molar-refractivity contribution in [2.45, 2.75) is 26.4 Å². The maximum Gasteiger partial charge on any atom is 0.414 e. The van der Waals surface area contributed by atoms with Gasteiger partial charge in [0.15, 0.2) is 0 Å². The highest BCUT2D eigenvalue weighted by molar-refractivity contribution is 5.88. The zero-order valence-corrected chi connectivity index (χ0v) is 11.8. The quantitative estimate of drug-likeness (QED) is 0.767.